The van der Waals surface area contributed by atoms with Gasteiger partial charge in [0.15, 0.2) is 11.6 Å². The number of nitrogens with one attached hydrogen (secondary N) is 1. The van der Waals surface area contributed by atoms with E-state index in [2.05, 4.69) is 15.3 Å². The van der Waals surface area contributed by atoms with Gasteiger partial charge >= 0.3 is 5.69 Å². The molecule has 2 heterocycles. The summed E-state index contributed by atoms with van der Waals surface area (Å²) in [6.07, 6.45) is 6.95. The van der Waals surface area contributed by atoms with Crippen LogP contribution in [0, 0.1) is 11.6 Å². The van der Waals surface area contributed by atoms with Crippen LogP contribution in [0.15, 0.2) is 52.5 Å². The summed E-state index contributed by atoms with van der Waals surface area (Å²) in [4.78, 5) is 33.3. The Morgan fingerprint density at radius 3 is 2.65 bits per heavy atom. The number of aromatic nitrogens is 3. The quantitative estimate of drug-likeness (QED) is 0.467. The van der Waals surface area contributed by atoms with Gasteiger partial charge < -0.3 is 5.32 Å². The van der Waals surface area contributed by atoms with Gasteiger partial charge in [-0.3, -0.25) is 14.3 Å². The normalized spacial score (nSPS) is 13.0. The fourth-order valence-electron chi connectivity index (χ4n) is 3.61. The molecule has 6 nitrogen and oxygen atoms in total. The summed E-state index contributed by atoms with van der Waals surface area (Å²) in [7, 11) is 0. The van der Waals surface area contributed by atoms with Crippen molar-refractivity contribution in [3.63, 3.8) is 0 Å². The van der Waals surface area contributed by atoms with E-state index in [0.717, 1.165) is 54.6 Å². The van der Waals surface area contributed by atoms with Gasteiger partial charge in [-0.05, 0) is 55.5 Å². The molecule has 1 aliphatic rings. The Hall–Kier alpha value is -3.07. The van der Waals surface area contributed by atoms with Crippen LogP contribution in [0.1, 0.15) is 29.7 Å². The Morgan fingerprint density at radius 1 is 1.10 bits per heavy atom. The Morgan fingerprint density at radius 2 is 1.87 bits per heavy atom. The molecule has 0 spiro atoms. The monoisotopic (exact) mass is 442 g/mol. The summed E-state index contributed by atoms with van der Waals surface area (Å²) in [5.74, 6) is -2.38. The molecule has 1 amide bonds. The van der Waals surface area contributed by atoms with Gasteiger partial charge in [-0.15, -0.1) is 0 Å². The first kappa shape index (κ1) is 21.2. The van der Waals surface area contributed by atoms with Crippen LogP contribution in [0.2, 0.25) is 0 Å². The van der Waals surface area contributed by atoms with Crippen molar-refractivity contribution >= 4 is 23.4 Å². The number of carbonyl (C=O) groups excluding carboxylic acids is 1. The van der Waals surface area contributed by atoms with E-state index in [1.807, 2.05) is 12.1 Å². The molecule has 1 aliphatic carbocycles. The summed E-state index contributed by atoms with van der Waals surface area (Å²) >= 11 is 1.18. The third-order valence-electron chi connectivity index (χ3n) is 5.08. The van der Waals surface area contributed by atoms with Gasteiger partial charge in [-0.2, -0.15) is 4.98 Å². The highest BCUT2D eigenvalue weighted by molar-refractivity contribution is 8.00. The van der Waals surface area contributed by atoms with E-state index in [9.17, 15) is 18.4 Å². The largest absolute Gasteiger partial charge is 0.349 e. The van der Waals surface area contributed by atoms with E-state index in [4.69, 9.17) is 0 Å². The lowest BCUT2D eigenvalue weighted by Gasteiger charge is -2.22. The summed E-state index contributed by atoms with van der Waals surface area (Å²) in [5, 5.41) is 3.10. The molecular weight excluding hydrogens is 422 g/mol. The number of hydrogen-bond donors (Lipinski definition) is 1. The van der Waals surface area contributed by atoms with Gasteiger partial charge in [0.1, 0.15) is 5.03 Å². The van der Waals surface area contributed by atoms with Crippen molar-refractivity contribution in [1.29, 1.82) is 0 Å². The average Bonchev–Trinajstić information content (AvgIpc) is 2.78. The minimum Gasteiger partial charge on any atom is -0.325 e. The van der Waals surface area contributed by atoms with E-state index in [1.165, 1.54) is 17.8 Å². The smallest absolute Gasteiger partial charge is 0.325 e. The zero-order valence-electron chi connectivity index (χ0n) is 16.6. The van der Waals surface area contributed by atoms with Crippen LogP contribution in [0.25, 0.3) is 0 Å². The predicted octanol–water partition coefficient (Wildman–Crippen LogP) is 3.57. The molecule has 2 aromatic heterocycles. The van der Waals surface area contributed by atoms with Crippen molar-refractivity contribution in [3.8, 4) is 0 Å². The first-order chi connectivity index (χ1) is 15.0. The second-order valence-electron chi connectivity index (χ2n) is 7.24. The number of thioether (sulfide) groups is 1. The summed E-state index contributed by atoms with van der Waals surface area (Å²) in [5.41, 5.74) is 2.77. The number of hydrogen-bond acceptors (Lipinski definition) is 5. The number of benzene rings is 1. The Kier molecular flexibility index (Phi) is 6.41. The fourth-order valence-corrected chi connectivity index (χ4v) is 4.48. The lowest BCUT2D eigenvalue weighted by atomic mass is 9.97. The predicted molar refractivity (Wildman–Crippen MR) is 114 cm³/mol. The molecule has 0 fully saturated rings. The van der Waals surface area contributed by atoms with E-state index in [0.29, 0.717) is 11.6 Å². The van der Waals surface area contributed by atoms with Gasteiger partial charge in [0.05, 0.1) is 12.3 Å². The molecule has 0 saturated carbocycles. The molecule has 4 rings (SSSR count). The number of nitrogens with zero attached hydrogens (tertiary/aromatic N) is 3. The van der Waals surface area contributed by atoms with Crippen molar-refractivity contribution in [2.45, 2.75) is 37.3 Å². The van der Waals surface area contributed by atoms with E-state index >= 15 is 0 Å². The standard InChI is InChI=1S/C22H20F2N4O2S/c23-17-6-5-15(11-18(17)24)26-20(29)13-31-21-16-3-1-2-4-19(16)28(22(30)27-21)12-14-7-9-25-10-8-14/h5-11H,1-4,12-13H2,(H,26,29). The highest BCUT2D eigenvalue weighted by atomic mass is 32.2. The van der Waals surface area contributed by atoms with Crippen molar-refractivity contribution in [2.24, 2.45) is 0 Å². The number of anilines is 1. The fraction of sp³-hybridized carbons (Fsp3) is 0.273. The molecule has 3 aromatic rings. The van der Waals surface area contributed by atoms with Crippen LogP contribution in [0.4, 0.5) is 14.5 Å². The van der Waals surface area contributed by atoms with Crippen LogP contribution in [0.3, 0.4) is 0 Å². The molecule has 160 valence electrons. The van der Waals surface area contributed by atoms with E-state index in [-0.39, 0.29) is 23.0 Å². The van der Waals surface area contributed by atoms with E-state index in [1.54, 1.807) is 17.0 Å². The molecule has 9 heteroatoms. The first-order valence-corrected chi connectivity index (χ1v) is 10.9. The van der Waals surface area contributed by atoms with Gasteiger partial charge in [-0.1, -0.05) is 11.8 Å². The number of amides is 1. The molecule has 0 bridgehead atoms. The highest BCUT2D eigenvalue weighted by Crippen LogP contribution is 2.29. The molecule has 1 N–H and O–H groups in total. The molecular formula is C22H20F2N4O2S. The van der Waals surface area contributed by atoms with Gasteiger partial charge in [0.2, 0.25) is 5.91 Å². The lowest BCUT2D eigenvalue weighted by Crippen LogP contribution is -2.30. The Bertz CT molecular complexity index is 1170. The van der Waals surface area contributed by atoms with Crippen LogP contribution in [-0.2, 0) is 24.2 Å². The van der Waals surface area contributed by atoms with Crippen molar-refractivity contribution < 1.29 is 13.6 Å². The second-order valence-corrected chi connectivity index (χ2v) is 8.20. The van der Waals surface area contributed by atoms with Crippen LogP contribution in [-0.4, -0.2) is 26.2 Å². The first-order valence-electron chi connectivity index (χ1n) is 9.90. The molecule has 31 heavy (non-hydrogen) atoms. The van der Waals surface area contributed by atoms with Gasteiger partial charge in [-0.25, -0.2) is 13.6 Å². The molecule has 1 aromatic carbocycles. The Balaban J connectivity index is 1.52. The number of halogens is 2. The van der Waals surface area contributed by atoms with Crippen molar-refractivity contribution in [3.05, 3.63) is 81.7 Å². The van der Waals surface area contributed by atoms with Gasteiger partial charge in [0.25, 0.3) is 0 Å². The van der Waals surface area contributed by atoms with E-state index < -0.39 is 11.6 Å². The van der Waals surface area contributed by atoms with Crippen LogP contribution in [0.5, 0.6) is 0 Å². The maximum atomic E-state index is 13.3. The van der Waals surface area contributed by atoms with Crippen molar-refractivity contribution in [2.75, 3.05) is 11.1 Å². The maximum Gasteiger partial charge on any atom is 0.349 e. The summed E-state index contributed by atoms with van der Waals surface area (Å²) in [6.45, 7) is 0.429. The number of pyridine rings is 1. The number of rotatable bonds is 6. The zero-order chi connectivity index (χ0) is 21.8. The molecule has 0 radical (unpaired) electrons. The average molecular weight is 442 g/mol. The zero-order valence-corrected chi connectivity index (χ0v) is 17.4. The highest BCUT2D eigenvalue weighted by Gasteiger charge is 2.21. The molecule has 0 unspecified atom stereocenters. The third-order valence-corrected chi connectivity index (χ3v) is 6.10. The second kappa shape index (κ2) is 9.38. The topological polar surface area (TPSA) is 76.9 Å². The van der Waals surface area contributed by atoms with Crippen LogP contribution >= 0.6 is 11.8 Å². The third kappa shape index (κ3) is 4.99. The minimum atomic E-state index is -1.03. The lowest BCUT2D eigenvalue weighted by molar-refractivity contribution is -0.113. The number of fused-ring (bicyclic) bond motifs is 1. The molecule has 0 atom stereocenters. The Labute approximate surface area is 181 Å². The number of carbonyl (C=O) groups is 1. The summed E-state index contributed by atoms with van der Waals surface area (Å²) in [6, 6.07) is 6.91. The van der Waals surface area contributed by atoms with Crippen molar-refractivity contribution in [1.82, 2.24) is 14.5 Å². The molecule has 0 aliphatic heterocycles. The van der Waals surface area contributed by atoms with Crippen LogP contribution < -0.4 is 11.0 Å². The minimum absolute atomic E-state index is 0.00619. The van der Waals surface area contributed by atoms with Gasteiger partial charge in [0, 0.05) is 35.4 Å². The molecule has 0 saturated heterocycles. The summed E-state index contributed by atoms with van der Waals surface area (Å²) < 4.78 is 28.1. The maximum absolute atomic E-state index is 13.3. The SMILES string of the molecule is O=C(CSc1nc(=O)n(Cc2ccncc2)c2c1CCCC2)Nc1ccc(F)c(F)c1.